The number of halogens is 1. The Bertz CT molecular complexity index is 658. The molecule has 0 radical (unpaired) electrons. The van der Waals surface area contributed by atoms with Gasteiger partial charge >= 0.3 is 6.09 Å². The van der Waals surface area contributed by atoms with Crippen molar-refractivity contribution in [2.45, 2.75) is 45.3 Å². The fourth-order valence-corrected chi connectivity index (χ4v) is 2.87. The highest BCUT2D eigenvalue weighted by Crippen LogP contribution is 2.13. The zero-order valence-electron chi connectivity index (χ0n) is 17.1. The first-order valence-corrected chi connectivity index (χ1v) is 9.60. The summed E-state index contributed by atoms with van der Waals surface area (Å²) in [7, 11) is 1.74. The van der Waals surface area contributed by atoms with Gasteiger partial charge in [0, 0.05) is 26.7 Å². The maximum atomic E-state index is 12.9. The minimum Gasteiger partial charge on any atom is -0.494 e. The Hall–Kier alpha value is -2.51. The van der Waals surface area contributed by atoms with Gasteiger partial charge in [-0.15, -0.1) is 0 Å². The van der Waals surface area contributed by atoms with Crippen molar-refractivity contribution in [3.8, 4) is 5.75 Å². The Morgan fingerprint density at radius 2 is 2.04 bits per heavy atom. The van der Waals surface area contributed by atoms with E-state index in [4.69, 9.17) is 9.47 Å². The van der Waals surface area contributed by atoms with E-state index in [-0.39, 0.29) is 18.0 Å². The number of guanidine groups is 1. The van der Waals surface area contributed by atoms with Crippen LogP contribution >= 0.6 is 0 Å². The third kappa shape index (κ3) is 7.62. The summed E-state index contributed by atoms with van der Waals surface area (Å²) in [4.78, 5) is 18.3. The molecule has 1 saturated heterocycles. The molecule has 8 heteroatoms. The summed E-state index contributed by atoms with van der Waals surface area (Å²) >= 11 is 0. The fourth-order valence-electron chi connectivity index (χ4n) is 2.87. The highest BCUT2D eigenvalue weighted by Gasteiger charge is 2.27. The van der Waals surface area contributed by atoms with E-state index in [0.717, 1.165) is 25.3 Å². The van der Waals surface area contributed by atoms with Gasteiger partial charge in [0.1, 0.15) is 17.2 Å². The summed E-state index contributed by atoms with van der Waals surface area (Å²) in [5.41, 5.74) is -0.504. The van der Waals surface area contributed by atoms with Gasteiger partial charge in [0.15, 0.2) is 5.96 Å². The number of hydrogen-bond donors (Lipinski definition) is 2. The standard InChI is InChI=1S/C20H31FN4O3/c1-20(2,3)28-19(26)24-16-10-12-25(14-16)18(22-4)23-11-5-13-27-17-8-6-15(21)7-9-17/h6-9,16H,5,10-14H2,1-4H3,(H,22,23)(H,24,26). The van der Waals surface area contributed by atoms with Crippen molar-refractivity contribution < 1.29 is 18.7 Å². The van der Waals surface area contributed by atoms with Gasteiger partial charge in [0.25, 0.3) is 0 Å². The minimum absolute atomic E-state index is 0.0372. The van der Waals surface area contributed by atoms with Gasteiger partial charge in [-0.1, -0.05) is 0 Å². The minimum atomic E-state index is -0.504. The Morgan fingerprint density at radius 1 is 1.32 bits per heavy atom. The molecule has 28 heavy (non-hydrogen) atoms. The highest BCUT2D eigenvalue weighted by molar-refractivity contribution is 5.80. The zero-order valence-corrected chi connectivity index (χ0v) is 17.1. The summed E-state index contributed by atoms with van der Waals surface area (Å²) in [6.07, 6.45) is 1.23. The SMILES string of the molecule is CN=C(NCCCOc1ccc(F)cc1)N1CCC(NC(=O)OC(C)(C)C)C1. The molecule has 0 aromatic heterocycles. The van der Waals surface area contributed by atoms with Crippen molar-refractivity contribution in [1.82, 2.24) is 15.5 Å². The van der Waals surface area contributed by atoms with E-state index in [1.54, 1.807) is 19.2 Å². The van der Waals surface area contributed by atoms with Crippen molar-refractivity contribution in [1.29, 1.82) is 0 Å². The first-order chi connectivity index (χ1) is 13.3. The predicted octanol–water partition coefficient (Wildman–Crippen LogP) is 2.77. The maximum Gasteiger partial charge on any atom is 0.407 e. The molecule has 0 bridgehead atoms. The van der Waals surface area contributed by atoms with E-state index in [0.29, 0.717) is 25.4 Å². The number of carbonyl (C=O) groups excluding carboxylic acids is 1. The first kappa shape index (κ1) is 21.8. The van der Waals surface area contributed by atoms with Crippen LogP contribution in [0.1, 0.15) is 33.6 Å². The van der Waals surface area contributed by atoms with Crippen molar-refractivity contribution in [2.24, 2.45) is 4.99 Å². The molecule has 156 valence electrons. The smallest absolute Gasteiger partial charge is 0.407 e. The lowest BCUT2D eigenvalue weighted by molar-refractivity contribution is 0.0507. The maximum absolute atomic E-state index is 12.9. The Morgan fingerprint density at radius 3 is 2.68 bits per heavy atom. The molecule has 2 N–H and O–H groups in total. The number of benzene rings is 1. The Balaban J connectivity index is 1.66. The summed E-state index contributed by atoms with van der Waals surface area (Å²) in [6.45, 7) is 8.27. The monoisotopic (exact) mass is 394 g/mol. The van der Waals surface area contributed by atoms with Gasteiger partial charge in [-0.25, -0.2) is 9.18 Å². The van der Waals surface area contributed by atoms with Crippen molar-refractivity contribution in [2.75, 3.05) is 33.3 Å². The van der Waals surface area contributed by atoms with Crippen LogP contribution in [0.4, 0.5) is 9.18 Å². The van der Waals surface area contributed by atoms with Crippen LogP contribution in [0.25, 0.3) is 0 Å². The van der Waals surface area contributed by atoms with Gasteiger partial charge in [-0.05, 0) is 57.9 Å². The molecule has 1 unspecified atom stereocenters. The van der Waals surface area contributed by atoms with Crippen molar-refractivity contribution in [3.05, 3.63) is 30.1 Å². The molecule has 1 aromatic rings. The second-order valence-electron chi connectivity index (χ2n) is 7.71. The lowest BCUT2D eigenvalue weighted by Crippen LogP contribution is -2.44. The molecule has 2 rings (SSSR count). The number of alkyl carbamates (subject to hydrolysis) is 1. The zero-order chi connectivity index (χ0) is 20.6. The van der Waals surface area contributed by atoms with Crippen LogP contribution in [-0.2, 0) is 4.74 Å². The first-order valence-electron chi connectivity index (χ1n) is 9.60. The number of ether oxygens (including phenoxy) is 2. The fraction of sp³-hybridized carbons (Fsp3) is 0.600. The molecular formula is C20H31FN4O3. The van der Waals surface area contributed by atoms with E-state index in [1.807, 2.05) is 20.8 Å². The molecule has 0 spiro atoms. The number of aliphatic imine (C=N–C) groups is 1. The Kier molecular flexibility index (Phi) is 7.90. The van der Waals surface area contributed by atoms with Crippen LogP contribution in [0, 0.1) is 5.82 Å². The van der Waals surface area contributed by atoms with Crippen LogP contribution in [0.5, 0.6) is 5.75 Å². The van der Waals surface area contributed by atoms with E-state index in [2.05, 4.69) is 20.5 Å². The molecular weight excluding hydrogens is 363 g/mol. The molecule has 0 aliphatic carbocycles. The van der Waals surface area contributed by atoms with E-state index in [1.165, 1.54) is 12.1 Å². The molecule has 1 fully saturated rings. The van der Waals surface area contributed by atoms with Crippen molar-refractivity contribution >= 4 is 12.1 Å². The average Bonchev–Trinajstić information content (AvgIpc) is 3.06. The molecule has 1 aliphatic rings. The summed E-state index contributed by atoms with van der Waals surface area (Å²) in [5, 5.41) is 6.22. The van der Waals surface area contributed by atoms with Gasteiger partial charge in [0.2, 0.25) is 0 Å². The quantitative estimate of drug-likeness (QED) is 0.441. The van der Waals surface area contributed by atoms with E-state index < -0.39 is 5.60 Å². The predicted molar refractivity (Wildman–Crippen MR) is 107 cm³/mol. The molecule has 1 heterocycles. The third-order valence-corrected chi connectivity index (χ3v) is 4.11. The average molecular weight is 394 g/mol. The second-order valence-corrected chi connectivity index (χ2v) is 7.71. The van der Waals surface area contributed by atoms with E-state index >= 15 is 0 Å². The summed E-state index contributed by atoms with van der Waals surface area (Å²) in [5.74, 6) is 1.18. The molecule has 0 saturated carbocycles. The summed E-state index contributed by atoms with van der Waals surface area (Å²) in [6, 6.07) is 6.03. The normalized spacial score (nSPS) is 17.4. The van der Waals surface area contributed by atoms with Gasteiger partial charge in [-0.2, -0.15) is 0 Å². The van der Waals surface area contributed by atoms with Gasteiger partial charge in [-0.3, -0.25) is 4.99 Å². The number of nitrogens with one attached hydrogen (secondary N) is 2. The molecule has 1 aromatic carbocycles. The van der Waals surface area contributed by atoms with Crippen LogP contribution in [-0.4, -0.2) is 61.9 Å². The van der Waals surface area contributed by atoms with Crippen LogP contribution in [0.3, 0.4) is 0 Å². The second kappa shape index (κ2) is 10.1. The number of likely N-dealkylation sites (tertiary alicyclic amines) is 1. The largest absolute Gasteiger partial charge is 0.494 e. The third-order valence-electron chi connectivity index (χ3n) is 4.11. The molecule has 7 nitrogen and oxygen atoms in total. The van der Waals surface area contributed by atoms with Crippen molar-refractivity contribution in [3.63, 3.8) is 0 Å². The number of hydrogen-bond acceptors (Lipinski definition) is 4. The molecule has 1 atom stereocenters. The van der Waals surface area contributed by atoms with E-state index in [9.17, 15) is 9.18 Å². The topological polar surface area (TPSA) is 75.2 Å². The lowest BCUT2D eigenvalue weighted by Gasteiger charge is -2.23. The molecule has 1 amide bonds. The van der Waals surface area contributed by atoms with Crippen LogP contribution < -0.4 is 15.4 Å². The number of carbonyl (C=O) groups is 1. The number of amides is 1. The number of rotatable bonds is 6. The van der Waals surface area contributed by atoms with Gasteiger partial charge in [0.05, 0.1) is 12.6 Å². The highest BCUT2D eigenvalue weighted by atomic mass is 19.1. The Labute approximate surface area is 166 Å². The summed E-state index contributed by atoms with van der Waals surface area (Å²) < 4.78 is 23.8. The lowest BCUT2D eigenvalue weighted by atomic mass is 10.2. The van der Waals surface area contributed by atoms with Gasteiger partial charge < -0.3 is 25.0 Å². The number of nitrogens with zero attached hydrogens (tertiary/aromatic N) is 2. The van der Waals surface area contributed by atoms with Crippen LogP contribution in [0.15, 0.2) is 29.3 Å². The molecule has 1 aliphatic heterocycles. The van der Waals surface area contributed by atoms with Crippen LogP contribution in [0.2, 0.25) is 0 Å².